The highest BCUT2D eigenvalue weighted by Gasteiger charge is 2.13. The standard InChI is InChI=1S/C10H14N4O/c1-7(2)15-6-9-13-5-8-10(14-9)12-4-3-11-8/h3-4,7H,5-6H2,1-2H3,(H,12,13,14). The van der Waals surface area contributed by atoms with Crippen LogP contribution in [-0.2, 0) is 11.3 Å². The first-order valence-electron chi connectivity index (χ1n) is 4.97. The monoisotopic (exact) mass is 206 g/mol. The topological polar surface area (TPSA) is 59.4 Å². The van der Waals surface area contributed by atoms with Crippen molar-refractivity contribution in [3.05, 3.63) is 18.1 Å². The van der Waals surface area contributed by atoms with Crippen LogP contribution in [-0.4, -0.2) is 28.5 Å². The van der Waals surface area contributed by atoms with Crippen molar-refractivity contribution in [2.24, 2.45) is 4.99 Å². The number of nitrogens with zero attached hydrogens (tertiary/aromatic N) is 3. The summed E-state index contributed by atoms with van der Waals surface area (Å²) in [5.74, 6) is 1.60. The summed E-state index contributed by atoms with van der Waals surface area (Å²) >= 11 is 0. The van der Waals surface area contributed by atoms with E-state index in [2.05, 4.69) is 20.3 Å². The van der Waals surface area contributed by atoms with Crippen LogP contribution >= 0.6 is 0 Å². The van der Waals surface area contributed by atoms with Gasteiger partial charge in [-0.05, 0) is 13.8 Å². The van der Waals surface area contributed by atoms with Crippen molar-refractivity contribution in [1.29, 1.82) is 0 Å². The van der Waals surface area contributed by atoms with Crippen molar-refractivity contribution >= 4 is 11.7 Å². The van der Waals surface area contributed by atoms with E-state index in [-0.39, 0.29) is 6.10 Å². The van der Waals surface area contributed by atoms with Gasteiger partial charge in [0.1, 0.15) is 18.1 Å². The predicted molar refractivity (Wildman–Crippen MR) is 57.9 cm³/mol. The second kappa shape index (κ2) is 4.35. The summed E-state index contributed by atoms with van der Waals surface area (Å²) in [4.78, 5) is 12.7. The highest BCUT2D eigenvalue weighted by atomic mass is 16.5. The van der Waals surface area contributed by atoms with Gasteiger partial charge in [-0.2, -0.15) is 0 Å². The van der Waals surface area contributed by atoms with Crippen molar-refractivity contribution in [1.82, 2.24) is 9.97 Å². The van der Waals surface area contributed by atoms with Gasteiger partial charge in [0.25, 0.3) is 0 Å². The molecule has 2 heterocycles. The van der Waals surface area contributed by atoms with Crippen LogP contribution in [0.4, 0.5) is 5.82 Å². The Balaban J connectivity index is 2.00. The number of fused-ring (bicyclic) bond motifs is 1. The summed E-state index contributed by atoms with van der Waals surface area (Å²) in [5.41, 5.74) is 0.880. The molecule has 0 atom stereocenters. The fourth-order valence-corrected chi connectivity index (χ4v) is 1.26. The van der Waals surface area contributed by atoms with Gasteiger partial charge in [-0.1, -0.05) is 0 Å². The van der Waals surface area contributed by atoms with Crippen molar-refractivity contribution in [3.8, 4) is 0 Å². The first kappa shape index (κ1) is 10.0. The molecule has 0 aliphatic carbocycles. The molecule has 5 heteroatoms. The van der Waals surface area contributed by atoms with Crippen molar-refractivity contribution in [2.45, 2.75) is 26.5 Å². The zero-order chi connectivity index (χ0) is 10.7. The molecular weight excluding hydrogens is 192 g/mol. The molecule has 1 N–H and O–H groups in total. The summed E-state index contributed by atoms with van der Waals surface area (Å²) in [6.45, 7) is 5.06. The third-order valence-corrected chi connectivity index (χ3v) is 2.01. The van der Waals surface area contributed by atoms with Crippen LogP contribution in [0.3, 0.4) is 0 Å². The average Bonchev–Trinajstić information content (AvgIpc) is 2.26. The number of hydrogen-bond donors (Lipinski definition) is 1. The number of aromatic nitrogens is 2. The second-order valence-electron chi connectivity index (χ2n) is 3.60. The van der Waals surface area contributed by atoms with Crippen molar-refractivity contribution in [2.75, 3.05) is 11.9 Å². The van der Waals surface area contributed by atoms with E-state index in [0.29, 0.717) is 13.2 Å². The van der Waals surface area contributed by atoms with Crippen LogP contribution in [0.15, 0.2) is 17.4 Å². The van der Waals surface area contributed by atoms with E-state index in [1.165, 1.54) is 0 Å². The molecule has 0 fully saturated rings. The Hall–Kier alpha value is -1.49. The number of hydrogen-bond acceptors (Lipinski definition) is 5. The lowest BCUT2D eigenvalue weighted by Gasteiger charge is -2.17. The van der Waals surface area contributed by atoms with Gasteiger partial charge in [-0.15, -0.1) is 0 Å². The summed E-state index contributed by atoms with van der Waals surface area (Å²) in [7, 11) is 0. The molecule has 0 bridgehead atoms. The van der Waals surface area contributed by atoms with E-state index < -0.39 is 0 Å². The van der Waals surface area contributed by atoms with Gasteiger partial charge in [0, 0.05) is 12.4 Å². The van der Waals surface area contributed by atoms with E-state index in [1.54, 1.807) is 12.4 Å². The molecule has 1 aromatic heterocycles. The van der Waals surface area contributed by atoms with E-state index in [1.807, 2.05) is 13.8 Å². The minimum absolute atomic E-state index is 0.206. The van der Waals surface area contributed by atoms with E-state index in [4.69, 9.17) is 4.74 Å². The highest BCUT2D eigenvalue weighted by Crippen LogP contribution is 2.14. The van der Waals surface area contributed by atoms with E-state index >= 15 is 0 Å². The molecule has 2 rings (SSSR count). The number of anilines is 1. The molecule has 1 aliphatic rings. The molecule has 0 amide bonds. The maximum absolute atomic E-state index is 5.45. The van der Waals surface area contributed by atoms with Gasteiger partial charge in [0.15, 0.2) is 5.82 Å². The largest absolute Gasteiger partial charge is 0.371 e. The first-order valence-corrected chi connectivity index (χ1v) is 4.97. The lowest BCUT2D eigenvalue weighted by Crippen LogP contribution is -2.25. The van der Waals surface area contributed by atoms with Gasteiger partial charge in [0.05, 0.1) is 12.6 Å². The molecule has 0 radical (unpaired) electrons. The number of ether oxygens (including phenoxy) is 1. The fraction of sp³-hybridized carbons (Fsp3) is 0.500. The van der Waals surface area contributed by atoms with Gasteiger partial charge >= 0.3 is 0 Å². The maximum atomic E-state index is 5.45. The molecule has 0 aromatic carbocycles. The molecule has 15 heavy (non-hydrogen) atoms. The summed E-state index contributed by atoms with van der Waals surface area (Å²) in [6, 6.07) is 0. The SMILES string of the molecule is CC(C)OCC1=NCc2nccnc2N1. The normalized spacial score (nSPS) is 14.5. The van der Waals surface area contributed by atoms with Gasteiger partial charge in [-0.3, -0.25) is 9.98 Å². The van der Waals surface area contributed by atoms with Crippen LogP contribution in [0, 0.1) is 0 Å². The Kier molecular flexibility index (Phi) is 2.91. The van der Waals surface area contributed by atoms with Crippen LogP contribution in [0.25, 0.3) is 0 Å². The molecule has 1 aliphatic heterocycles. The Morgan fingerprint density at radius 1 is 1.40 bits per heavy atom. The van der Waals surface area contributed by atoms with Crippen molar-refractivity contribution in [3.63, 3.8) is 0 Å². The lowest BCUT2D eigenvalue weighted by molar-refractivity contribution is 0.110. The molecule has 0 saturated carbocycles. The number of rotatable bonds is 3. The zero-order valence-corrected chi connectivity index (χ0v) is 8.90. The van der Waals surface area contributed by atoms with Gasteiger partial charge < -0.3 is 10.1 Å². The number of nitrogens with one attached hydrogen (secondary N) is 1. The summed E-state index contributed by atoms with van der Waals surface area (Å²) < 4.78 is 5.45. The Bertz CT molecular complexity index is 375. The first-order chi connectivity index (χ1) is 7.25. The fourth-order valence-electron chi connectivity index (χ4n) is 1.26. The molecule has 5 nitrogen and oxygen atoms in total. The van der Waals surface area contributed by atoms with Crippen LogP contribution in [0.2, 0.25) is 0 Å². The van der Waals surface area contributed by atoms with Crippen molar-refractivity contribution < 1.29 is 4.74 Å². The third kappa shape index (κ3) is 2.50. The van der Waals surface area contributed by atoms with Crippen LogP contribution < -0.4 is 5.32 Å². The molecule has 80 valence electrons. The van der Waals surface area contributed by atoms with E-state index in [0.717, 1.165) is 17.3 Å². The summed E-state index contributed by atoms with van der Waals surface area (Å²) in [5, 5.41) is 3.10. The van der Waals surface area contributed by atoms with E-state index in [9.17, 15) is 0 Å². The number of amidine groups is 1. The van der Waals surface area contributed by atoms with Crippen LogP contribution in [0.5, 0.6) is 0 Å². The minimum atomic E-state index is 0.206. The van der Waals surface area contributed by atoms with Gasteiger partial charge in [0.2, 0.25) is 0 Å². The second-order valence-corrected chi connectivity index (χ2v) is 3.60. The summed E-state index contributed by atoms with van der Waals surface area (Å²) in [6.07, 6.45) is 3.54. The molecule has 0 spiro atoms. The minimum Gasteiger partial charge on any atom is -0.371 e. The third-order valence-electron chi connectivity index (χ3n) is 2.01. The number of aliphatic imine (C=N–C) groups is 1. The van der Waals surface area contributed by atoms with Crippen LogP contribution in [0.1, 0.15) is 19.5 Å². The Morgan fingerprint density at radius 3 is 3.00 bits per heavy atom. The Labute approximate surface area is 88.6 Å². The zero-order valence-electron chi connectivity index (χ0n) is 8.90. The average molecular weight is 206 g/mol. The Morgan fingerprint density at radius 2 is 2.20 bits per heavy atom. The smallest absolute Gasteiger partial charge is 0.155 e. The quantitative estimate of drug-likeness (QED) is 0.808. The molecule has 1 aromatic rings. The maximum Gasteiger partial charge on any atom is 0.155 e. The molecular formula is C10H14N4O. The predicted octanol–water partition coefficient (Wildman–Crippen LogP) is 1.23. The lowest BCUT2D eigenvalue weighted by atomic mass is 10.3. The van der Waals surface area contributed by atoms with Gasteiger partial charge in [-0.25, -0.2) is 4.98 Å². The molecule has 0 saturated heterocycles. The highest BCUT2D eigenvalue weighted by molar-refractivity contribution is 5.97. The molecule has 0 unspecified atom stereocenters.